The van der Waals surface area contributed by atoms with E-state index in [0.717, 1.165) is 37.3 Å². The molecule has 2 fully saturated rings. The fraction of sp³-hybridized carbons (Fsp3) is 0.923. The van der Waals surface area contributed by atoms with Crippen molar-refractivity contribution in [3.63, 3.8) is 0 Å². The molecule has 0 aromatic carbocycles. The van der Waals surface area contributed by atoms with E-state index in [-0.39, 0.29) is 0 Å². The van der Waals surface area contributed by atoms with Gasteiger partial charge in [-0.3, -0.25) is 4.79 Å². The molecule has 0 aromatic rings. The third-order valence-electron chi connectivity index (χ3n) is 4.44. The van der Waals surface area contributed by atoms with Crippen molar-refractivity contribution < 1.29 is 4.79 Å². The van der Waals surface area contributed by atoms with Crippen LogP contribution in [0.15, 0.2) is 0 Å². The molecule has 2 saturated carbocycles. The highest BCUT2D eigenvalue weighted by atomic mass is 16.2. The molecule has 0 saturated heterocycles. The lowest BCUT2D eigenvalue weighted by molar-refractivity contribution is -0.132. The van der Waals surface area contributed by atoms with Crippen LogP contribution in [0.1, 0.15) is 46.0 Å². The zero-order valence-corrected chi connectivity index (χ0v) is 10.0. The Balaban J connectivity index is 1.84. The number of hydrogen-bond acceptors (Lipinski definition) is 1. The Bertz CT molecular complexity index is 235. The van der Waals surface area contributed by atoms with Gasteiger partial charge in [0.2, 0.25) is 5.91 Å². The topological polar surface area (TPSA) is 20.3 Å². The predicted octanol–water partition coefficient (Wildman–Crippen LogP) is 2.68. The Morgan fingerprint density at radius 3 is 2.40 bits per heavy atom. The van der Waals surface area contributed by atoms with Crippen molar-refractivity contribution in [2.45, 2.75) is 46.0 Å². The zero-order valence-electron chi connectivity index (χ0n) is 10.0. The third-order valence-corrected chi connectivity index (χ3v) is 4.44. The molecule has 0 aromatic heterocycles. The molecule has 0 heterocycles. The SMILES string of the molecule is CCN(CC)C(=O)CC1CC2CCC1C2. The van der Waals surface area contributed by atoms with E-state index in [1.807, 2.05) is 4.90 Å². The lowest BCUT2D eigenvalue weighted by atomic mass is 9.86. The number of carbonyl (C=O) groups excluding carboxylic acids is 1. The standard InChI is InChI=1S/C13H23NO/c1-3-14(4-2)13(15)9-12-8-10-5-6-11(12)7-10/h10-12H,3-9H2,1-2H3. The average molecular weight is 209 g/mol. The molecule has 2 bridgehead atoms. The highest BCUT2D eigenvalue weighted by molar-refractivity contribution is 5.76. The fourth-order valence-corrected chi connectivity index (χ4v) is 3.56. The summed E-state index contributed by atoms with van der Waals surface area (Å²) in [7, 11) is 0. The summed E-state index contributed by atoms with van der Waals surface area (Å²) in [5, 5.41) is 0. The minimum atomic E-state index is 0.387. The van der Waals surface area contributed by atoms with Gasteiger partial charge in [-0.15, -0.1) is 0 Å². The second-order valence-electron chi connectivity index (χ2n) is 5.21. The maximum atomic E-state index is 12.0. The van der Waals surface area contributed by atoms with Crippen molar-refractivity contribution in [2.24, 2.45) is 17.8 Å². The third kappa shape index (κ3) is 2.19. The Morgan fingerprint density at radius 1 is 1.20 bits per heavy atom. The number of fused-ring (bicyclic) bond motifs is 2. The molecular weight excluding hydrogens is 186 g/mol. The molecule has 3 unspecified atom stereocenters. The Kier molecular flexibility index (Phi) is 3.32. The molecule has 0 radical (unpaired) electrons. The van der Waals surface area contributed by atoms with Gasteiger partial charge in [0.1, 0.15) is 0 Å². The molecule has 2 aliphatic carbocycles. The van der Waals surface area contributed by atoms with E-state index in [1.54, 1.807) is 0 Å². The van der Waals surface area contributed by atoms with E-state index in [4.69, 9.17) is 0 Å². The molecule has 3 atom stereocenters. The van der Waals surface area contributed by atoms with Crippen LogP contribution in [0, 0.1) is 17.8 Å². The molecule has 2 rings (SSSR count). The summed E-state index contributed by atoms with van der Waals surface area (Å²) < 4.78 is 0. The van der Waals surface area contributed by atoms with Gasteiger partial charge in [0.05, 0.1) is 0 Å². The maximum absolute atomic E-state index is 12.0. The molecule has 2 heteroatoms. The minimum absolute atomic E-state index is 0.387. The average Bonchev–Trinajstić information content (AvgIpc) is 2.81. The molecular formula is C13H23NO. The smallest absolute Gasteiger partial charge is 0.222 e. The van der Waals surface area contributed by atoms with Gasteiger partial charge in [-0.2, -0.15) is 0 Å². The van der Waals surface area contributed by atoms with Crippen molar-refractivity contribution in [3.8, 4) is 0 Å². The Hall–Kier alpha value is -0.530. The van der Waals surface area contributed by atoms with Crippen LogP contribution in [0.5, 0.6) is 0 Å². The van der Waals surface area contributed by atoms with Gasteiger partial charge in [0, 0.05) is 19.5 Å². The Labute approximate surface area is 93.0 Å². The van der Waals surface area contributed by atoms with E-state index in [1.165, 1.54) is 25.7 Å². The number of amides is 1. The predicted molar refractivity (Wildman–Crippen MR) is 61.5 cm³/mol. The first-order valence-corrected chi connectivity index (χ1v) is 6.52. The monoisotopic (exact) mass is 209 g/mol. The first kappa shape index (κ1) is 11.0. The summed E-state index contributed by atoms with van der Waals surface area (Å²) in [6, 6.07) is 0. The number of rotatable bonds is 4. The Morgan fingerprint density at radius 2 is 1.93 bits per heavy atom. The van der Waals surface area contributed by atoms with Crippen LogP contribution in [0.25, 0.3) is 0 Å². The van der Waals surface area contributed by atoms with Crippen LogP contribution >= 0.6 is 0 Å². The molecule has 1 amide bonds. The summed E-state index contributed by atoms with van der Waals surface area (Å²) in [4.78, 5) is 13.9. The lowest BCUT2D eigenvalue weighted by Gasteiger charge is -2.25. The van der Waals surface area contributed by atoms with Crippen LogP contribution in [-0.2, 0) is 4.79 Å². The van der Waals surface area contributed by atoms with E-state index < -0.39 is 0 Å². The van der Waals surface area contributed by atoms with Crippen LogP contribution < -0.4 is 0 Å². The maximum Gasteiger partial charge on any atom is 0.222 e. The quantitative estimate of drug-likeness (QED) is 0.697. The van der Waals surface area contributed by atoms with Gasteiger partial charge >= 0.3 is 0 Å². The van der Waals surface area contributed by atoms with Gasteiger partial charge < -0.3 is 4.90 Å². The number of hydrogen-bond donors (Lipinski definition) is 0. The summed E-state index contributed by atoms with van der Waals surface area (Å²) in [6.07, 6.45) is 6.39. The number of nitrogens with zero attached hydrogens (tertiary/aromatic N) is 1. The van der Waals surface area contributed by atoms with Gasteiger partial charge in [0.15, 0.2) is 0 Å². The fourth-order valence-electron chi connectivity index (χ4n) is 3.56. The minimum Gasteiger partial charge on any atom is -0.343 e. The van der Waals surface area contributed by atoms with E-state index in [2.05, 4.69) is 13.8 Å². The van der Waals surface area contributed by atoms with Crippen LogP contribution in [0.4, 0.5) is 0 Å². The summed E-state index contributed by atoms with van der Waals surface area (Å²) in [5.74, 6) is 2.95. The van der Waals surface area contributed by atoms with Gasteiger partial charge in [0.25, 0.3) is 0 Å². The van der Waals surface area contributed by atoms with Gasteiger partial charge in [-0.1, -0.05) is 6.42 Å². The van der Waals surface area contributed by atoms with Crippen LogP contribution in [0.3, 0.4) is 0 Å². The first-order valence-electron chi connectivity index (χ1n) is 6.52. The molecule has 2 nitrogen and oxygen atoms in total. The molecule has 0 N–H and O–H groups in total. The van der Waals surface area contributed by atoms with E-state index in [9.17, 15) is 4.79 Å². The zero-order chi connectivity index (χ0) is 10.8. The van der Waals surface area contributed by atoms with Crippen molar-refractivity contribution >= 4 is 5.91 Å². The van der Waals surface area contributed by atoms with Crippen LogP contribution in [-0.4, -0.2) is 23.9 Å². The largest absolute Gasteiger partial charge is 0.343 e. The molecule has 0 spiro atoms. The highest BCUT2D eigenvalue weighted by Gasteiger charge is 2.40. The van der Waals surface area contributed by atoms with Gasteiger partial charge in [-0.25, -0.2) is 0 Å². The van der Waals surface area contributed by atoms with E-state index >= 15 is 0 Å². The summed E-state index contributed by atoms with van der Waals surface area (Å²) >= 11 is 0. The second kappa shape index (κ2) is 4.54. The molecule has 15 heavy (non-hydrogen) atoms. The molecule has 0 aliphatic heterocycles. The normalized spacial score (nSPS) is 33.3. The van der Waals surface area contributed by atoms with E-state index in [0.29, 0.717) is 5.91 Å². The highest BCUT2D eigenvalue weighted by Crippen LogP contribution is 2.49. The van der Waals surface area contributed by atoms with Crippen LogP contribution in [0.2, 0.25) is 0 Å². The van der Waals surface area contributed by atoms with Gasteiger partial charge in [-0.05, 0) is 50.9 Å². The summed E-state index contributed by atoms with van der Waals surface area (Å²) in [6.45, 7) is 5.89. The van der Waals surface area contributed by atoms with Crippen molar-refractivity contribution in [3.05, 3.63) is 0 Å². The van der Waals surface area contributed by atoms with Crippen molar-refractivity contribution in [1.29, 1.82) is 0 Å². The lowest BCUT2D eigenvalue weighted by Crippen LogP contribution is -2.32. The van der Waals surface area contributed by atoms with Crippen molar-refractivity contribution in [2.75, 3.05) is 13.1 Å². The number of carbonyl (C=O) groups is 1. The molecule has 2 aliphatic rings. The molecule has 86 valence electrons. The second-order valence-corrected chi connectivity index (χ2v) is 5.21. The summed E-state index contributed by atoms with van der Waals surface area (Å²) in [5.41, 5.74) is 0. The van der Waals surface area contributed by atoms with Crippen molar-refractivity contribution in [1.82, 2.24) is 4.90 Å². The first-order chi connectivity index (χ1) is 7.24.